The Morgan fingerprint density at radius 1 is 1.08 bits per heavy atom. The Bertz CT molecular complexity index is 854. The number of rotatable bonds is 5. The molecule has 0 spiro atoms. The number of nitrogens with one attached hydrogen (secondary N) is 1. The van der Waals surface area contributed by atoms with Crippen LogP contribution in [0.3, 0.4) is 0 Å². The van der Waals surface area contributed by atoms with Crippen LogP contribution in [0, 0.1) is 0 Å². The Balaban J connectivity index is 1.75. The Hall–Kier alpha value is -2.85. The highest BCUT2D eigenvalue weighted by molar-refractivity contribution is 7.13. The van der Waals surface area contributed by atoms with Crippen LogP contribution in [0.4, 0.5) is 5.69 Å². The second-order valence-electron chi connectivity index (χ2n) is 5.12. The van der Waals surface area contributed by atoms with Crippen molar-refractivity contribution in [3.63, 3.8) is 0 Å². The summed E-state index contributed by atoms with van der Waals surface area (Å²) in [5.74, 6) is 0.599. The lowest BCUT2D eigenvalue weighted by molar-refractivity contribution is -0.111. The van der Waals surface area contributed by atoms with E-state index in [4.69, 9.17) is 4.74 Å². The molecule has 1 aromatic heterocycles. The predicted octanol–water partition coefficient (Wildman–Crippen LogP) is 5.08. The Morgan fingerprint density at radius 2 is 1.96 bits per heavy atom. The van der Waals surface area contributed by atoms with Crippen molar-refractivity contribution in [2.45, 2.75) is 0 Å². The summed E-state index contributed by atoms with van der Waals surface area (Å²) in [7, 11) is 1.62. The number of benzene rings is 2. The van der Waals surface area contributed by atoms with Crippen LogP contribution >= 0.6 is 11.3 Å². The van der Waals surface area contributed by atoms with Crippen molar-refractivity contribution in [3.05, 3.63) is 77.7 Å². The first-order valence-corrected chi connectivity index (χ1v) is 8.40. The molecule has 0 fully saturated rings. The quantitative estimate of drug-likeness (QED) is 0.661. The van der Waals surface area contributed by atoms with Crippen molar-refractivity contribution >= 4 is 29.0 Å². The second kappa shape index (κ2) is 7.62. The third kappa shape index (κ3) is 3.91. The number of amides is 1. The smallest absolute Gasteiger partial charge is 0.248 e. The first kappa shape index (κ1) is 16.0. The average molecular weight is 335 g/mol. The average Bonchev–Trinajstić information content (AvgIpc) is 3.15. The number of para-hydroxylation sites is 1. The number of anilines is 1. The third-order valence-electron chi connectivity index (χ3n) is 3.49. The van der Waals surface area contributed by atoms with Gasteiger partial charge in [0, 0.05) is 22.2 Å². The van der Waals surface area contributed by atoms with Gasteiger partial charge < -0.3 is 10.1 Å². The molecule has 1 heterocycles. The molecule has 0 saturated carbocycles. The van der Waals surface area contributed by atoms with Crippen molar-refractivity contribution in [3.8, 4) is 16.2 Å². The van der Waals surface area contributed by atoms with E-state index >= 15 is 0 Å². The lowest BCUT2D eigenvalue weighted by atomic mass is 10.1. The van der Waals surface area contributed by atoms with Gasteiger partial charge in [0.2, 0.25) is 5.91 Å². The summed E-state index contributed by atoms with van der Waals surface area (Å²) in [4.78, 5) is 13.4. The van der Waals surface area contributed by atoms with Gasteiger partial charge in [-0.25, -0.2) is 0 Å². The zero-order valence-electron chi connectivity index (χ0n) is 13.2. The van der Waals surface area contributed by atoms with Gasteiger partial charge in [-0.3, -0.25) is 4.79 Å². The van der Waals surface area contributed by atoms with Crippen molar-refractivity contribution < 1.29 is 9.53 Å². The molecule has 2 aromatic carbocycles. The van der Waals surface area contributed by atoms with E-state index in [0.29, 0.717) is 0 Å². The van der Waals surface area contributed by atoms with Crippen molar-refractivity contribution in [2.75, 3.05) is 12.4 Å². The molecule has 4 heteroatoms. The van der Waals surface area contributed by atoms with Crippen LogP contribution in [0.2, 0.25) is 0 Å². The van der Waals surface area contributed by atoms with Gasteiger partial charge in [0.25, 0.3) is 0 Å². The van der Waals surface area contributed by atoms with E-state index in [1.807, 2.05) is 66.0 Å². The fourth-order valence-electron chi connectivity index (χ4n) is 2.33. The highest BCUT2D eigenvalue weighted by Gasteiger charge is 2.07. The minimum atomic E-state index is -0.165. The van der Waals surface area contributed by atoms with E-state index in [2.05, 4.69) is 5.32 Å². The molecule has 120 valence electrons. The van der Waals surface area contributed by atoms with Crippen molar-refractivity contribution in [2.24, 2.45) is 0 Å². The van der Waals surface area contributed by atoms with E-state index in [1.54, 1.807) is 24.5 Å². The standard InChI is InChI=1S/C20H17NO2S/c1-23-16-7-4-6-15(14-16)11-12-20(22)21-18-9-3-2-8-17(18)19-10-5-13-24-19/h2-14H,1H3,(H,21,22)/b12-11+. The number of hydrogen-bond donors (Lipinski definition) is 1. The van der Waals surface area contributed by atoms with Gasteiger partial charge in [0.15, 0.2) is 0 Å². The van der Waals surface area contributed by atoms with Gasteiger partial charge in [0.05, 0.1) is 7.11 Å². The molecule has 0 aliphatic rings. The summed E-state index contributed by atoms with van der Waals surface area (Å²) < 4.78 is 5.18. The largest absolute Gasteiger partial charge is 0.497 e. The van der Waals surface area contributed by atoms with E-state index in [0.717, 1.165) is 27.4 Å². The molecule has 1 amide bonds. The molecule has 0 radical (unpaired) electrons. The minimum absolute atomic E-state index is 0.165. The van der Waals surface area contributed by atoms with Gasteiger partial charge in [-0.05, 0) is 41.3 Å². The van der Waals surface area contributed by atoms with Crippen LogP contribution in [-0.2, 0) is 4.79 Å². The SMILES string of the molecule is COc1cccc(/C=C/C(=O)Nc2ccccc2-c2cccs2)c1. The second-order valence-corrected chi connectivity index (χ2v) is 6.07. The topological polar surface area (TPSA) is 38.3 Å². The maximum Gasteiger partial charge on any atom is 0.248 e. The normalized spacial score (nSPS) is 10.7. The molecular weight excluding hydrogens is 318 g/mol. The Labute approximate surface area is 145 Å². The monoisotopic (exact) mass is 335 g/mol. The number of thiophene rings is 1. The number of carbonyl (C=O) groups excluding carboxylic acids is 1. The number of methoxy groups -OCH3 is 1. The molecule has 0 atom stereocenters. The molecule has 3 nitrogen and oxygen atoms in total. The molecule has 0 bridgehead atoms. The first-order chi connectivity index (χ1) is 11.8. The summed E-state index contributed by atoms with van der Waals surface area (Å²) in [6, 6.07) is 19.4. The Kier molecular flexibility index (Phi) is 5.08. The summed E-state index contributed by atoms with van der Waals surface area (Å²) in [5, 5.41) is 4.97. The van der Waals surface area contributed by atoms with E-state index in [-0.39, 0.29) is 5.91 Å². The summed E-state index contributed by atoms with van der Waals surface area (Å²) >= 11 is 1.65. The van der Waals surface area contributed by atoms with Gasteiger partial charge in [-0.2, -0.15) is 0 Å². The van der Waals surface area contributed by atoms with Gasteiger partial charge >= 0.3 is 0 Å². The first-order valence-electron chi connectivity index (χ1n) is 7.52. The fraction of sp³-hybridized carbons (Fsp3) is 0.0500. The zero-order chi connectivity index (χ0) is 16.8. The zero-order valence-corrected chi connectivity index (χ0v) is 14.0. The summed E-state index contributed by atoms with van der Waals surface area (Å²) in [5.41, 5.74) is 2.74. The number of hydrogen-bond acceptors (Lipinski definition) is 3. The third-order valence-corrected chi connectivity index (χ3v) is 4.40. The molecule has 0 unspecified atom stereocenters. The predicted molar refractivity (Wildman–Crippen MR) is 100 cm³/mol. The van der Waals surface area contributed by atoms with E-state index in [9.17, 15) is 4.79 Å². The van der Waals surface area contributed by atoms with Gasteiger partial charge in [0.1, 0.15) is 5.75 Å². The van der Waals surface area contributed by atoms with Crippen molar-refractivity contribution in [1.29, 1.82) is 0 Å². The minimum Gasteiger partial charge on any atom is -0.497 e. The molecule has 3 aromatic rings. The van der Waals surface area contributed by atoms with Crippen LogP contribution in [-0.4, -0.2) is 13.0 Å². The summed E-state index contributed by atoms with van der Waals surface area (Å²) in [6.07, 6.45) is 3.30. The highest BCUT2D eigenvalue weighted by Crippen LogP contribution is 2.31. The summed E-state index contributed by atoms with van der Waals surface area (Å²) in [6.45, 7) is 0. The van der Waals surface area contributed by atoms with E-state index in [1.165, 1.54) is 6.08 Å². The fourth-order valence-corrected chi connectivity index (χ4v) is 3.10. The van der Waals surface area contributed by atoms with Crippen LogP contribution in [0.1, 0.15) is 5.56 Å². The van der Waals surface area contributed by atoms with Crippen LogP contribution in [0.5, 0.6) is 5.75 Å². The molecular formula is C20H17NO2S. The molecule has 0 aliphatic carbocycles. The molecule has 3 rings (SSSR count). The molecule has 0 aliphatic heterocycles. The van der Waals surface area contributed by atoms with Crippen molar-refractivity contribution in [1.82, 2.24) is 0 Å². The molecule has 0 saturated heterocycles. The van der Waals surface area contributed by atoms with Crippen LogP contribution in [0.25, 0.3) is 16.5 Å². The van der Waals surface area contributed by atoms with Gasteiger partial charge in [-0.1, -0.05) is 36.4 Å². The van der Waals surface area contributed by atoms with E-state index < -0.39 is 0 Å². The number of carbonyl (C=O) groups is 1. The highest BCUT2D eigenvalue weighted by atomic mass is 32.1. The molecule has 1 N–H and O–H groups in total. The Morgan fingerprint density at radius 3 is 2.75 bits per heavy atom. The lowest BCUT2D eigenvalue weighted by Crippen LogP contribution is -2.08. The maximum absolute atomic E-state index is 12.2. The van der Waals surface area contributed by atoms with Crippen LogP contribution in [0.15, 0.2) is 72.1 Å². The molecule has 24 heavy (non-hydrogen) atoms. The number of ether oxygens (including phenoxy) is 1. The lowest BCUT2D eigenvalue weighted by Gasteiger charge is -2.08. The van der Waals surface area contributed by atoms with Crippen LogP contribution < -0.4 is 10.1 Å². The maximum atomic E-state index is 12.2. The van der Waals surface area contributed by atoms with Gasteiger partial charge in [-0.15, -0.1) is 11.3 Å².